The number of anilines is 2. The summed E-state index contributed by atoms with van der Waals surface area (Å²) in [5.74, 6) is 5.30. The van der Waals surface area contributed by atoms with Crippen LogP contribution in [0.5, 0.6) is 11.5 Å². The summed E-state index contributed by atoms with van der Waals surface area (Å²) in [5.41, 5.74) is 7.27. The first-order valence-corrected chi connectivity index (χ1v) is 12.6. The largest absolute Gasteiger partial charge is 0.493 e. The lowest BCUT2D eigenvalue weighted by Gasteiger charge is -2.13. The highest BCUT2D eigenvalue weighted by molar-refractivity contribution is 6.83. The Bertz CT molecular complexity index is 1080. The molecule has 0 bridgehead atoms. The second kappa shape index (κ2) is 7.91. The monoisotopic (exact) mass is 391 g/mol. The van der Waals surface area contributed by atoms with Gasteiger partial charge in [-0.3, -0.25) is 0 Å². The summed E-state index contributed by atoms with van der Waals surface area (Å²) >= 11 is 0. The fourth-order valence-corrected chi connectivity index (χ4v) is 3.22. The Balaban J connectivity index is 2.04. The van der Waals surface area contributed by atoms with Gasteiger partial charge in [0.1, 0.15) is 20.2 Å². The molecule has 0 atom stereocenters. The smallest absolute Gasteiger partial charge is 0.162 e. The summed E-state index contributed by atoms with van der Waals surface area (Å²) in [6.45, 7) is 8.77. The highest BCUT2D eigenvalue weighted by Crippen LogP contribution is 2.34. The molecule has 6 heteroatoms. The minimum atomic E-state index is -1.43. The number of nitrogens with zero attached hydrogens (tertiary/aromatic N) is 2. The minimum absolute atomic E-state index is 0.638. The highest BCUT2D eigenvalue weighted by atomic mass is 28.3. The third-order valence-corrected chi connectivity index (χ3v) is 5.09. The van der Waals surface area contributed by atoms with Gasteiger partial charge < -0.3 is 14.8 Å². The molecule has 144 valence electrons. The molecule has 2 aromatic carbocycles. The molecular formula is C22H25N3O2Si. The van der Waals surface area contributed by atoms with E-state index in [1.54, 1.807) is 20.5 Å². The first-order chi connectivity index (χ1) is 13.3. The molecule has 1 N–H and O–H groups in total. The van der Waals surface area contributed by atoms with Gasteiger partial charge in [-0.05, 0) is 30.7 Å². The first-order valence-electron chi connectivity index (χ1n) is 9.08. The Labute approximate surface area is 167 Å². The molecular weight excluding hydrogens is 366 g/mol. The maximum absolute atomic E-state index is 5.43. The second-order valence-corrected chi connectivity index (χ2v) is 12.4. The van der Waals surface area contributed by atoms with Crippen LogP contribution in [0, 0.1) is 18.4 Å². The molecule has 0 spiro atoms. The summed E-state index contributed by atoms with van der Waals surface area (Å²) in [4.78, 5) is 8.80. The van der Waals surface area contributed by atoms with E-state index in [1.165, 1.54) is 0 Å². The molecule has 3 aromatic rings. The summed E-state index contributed by atoms with van der Waals surface area (Å²) in [6.07, 6.45) is 1.54. The van der Waals surface area contributed by atoms with Crippen molar-refractivity contribution in [3.8, 4) is 23.0 Å². The van der Waals surface area contributed by atoms with Crippen molar-refractivity contribution in [3.63, 3.8) is 0 Å². The van der Waals surface area contributed by atoms with Crippen LogP contribution in [0.15, 0.2) is 36.7 Å². The van der Waals surface area contributed by atoms with Gasteiger partial charge in [-0.25, -0.2) is 9.97 Å². The number of hydrogen-bond acceptors (Lipinski definition) is 5. The molecule has 0 aliphatic heterocycles. The SMILES string of the molecule is COc1cc2ncnc(Nc3cc(C#C[Si](C)(C)C)ccc3C)c2cc1OC. The zero-order chi connectivity index (χ0) is 20.3. The Hall–Kier alpha value is -3.04. The lowest BCUT2D eigenvalue weighted by molar-refractivity contribution is 0.356. The number of nitrogens with one attached hydrogen (secondary N) is 1. The van der Waals surface area contributed by atoms with E-state index in [1.807, 2.05) is 12.1 Å². The van der Waals surface area contributed by atoms with Crippen LogP contribution in [0.2, 0.25) is 19.6 Å². The van der Waals surface area contributed by atoms with E-state index < -0.39 is 8.07 Å². The van der Waals surface area contributed by atoms with Crippen molar-refractivity contribution in [2.75, 3.05) is 19.5 Å². The van der Waals surface area contributed by atoms with Crippen molar-refractivity contribution in [2.24, 2.45) is 0 Å². The summed E-state index contributed by atoms with van der Waals surface area (Å²) in [7, 11) is 1.80. The zero-order valence-corrected chi connectivity index (χ0v) is 18.2. The van der Waals surface area contributed by atoms with Crippen LogP contribution in [0.4, 0.5) is 11.5 Å². The van der Waals surface area contributed by atoms with Crippen molar-refractivity contribution in [1.29, 1.82) is 0 Å². The van der Waals surface area contributed by atoms with Gasteiger partial charge in [0, 0.05) is 22.7 Å². The quantitative estimate of drug-likeness (QED) is 0.505. The predicted molar refractivity (Wildman–Crippen MR) is 117 cm³/mol. The third-order valence-electron chi connectivity index (χ3n) is 4.21. The molecule has 0 aliphatic carbocycles. The van der Waals surface area contributed by atoms with Crippen molar-refractivity contribution >= 4 is 30.5 Å². The molecule has 1 aromatic heterocycles. The molecule has 0 amide bonds. The van der Waals surface area contributed by atoms with Crippen molar-refractivity contribution < 1.29 is 9.47 Å². The number of aromatic nitrogens is 2. The van der Waals surface area contributed by atoms with E-state index in [2.05, 4.69) is 71.5 Å². The lowest BCUT2D eigenvalue weighted by Crippen LogP contribution is -2.16. The van der Waals surface area contributed by atoms with Gasteiger partial charge >= 0.3 is 0 Å². The molecule has 28 heavy (non-hydrogen) atoms. The number of benzene rings is 2. The van der Waals surface area contributed by atoms with Crippen molar-refractivity contribution in [3.05, 3.63) is 47.8 Å². The summed E-state index contributed by atoms with van der Waals surface area (Å²) in [5, 5.41) is 4.30. The summed E-state index contributed by atoms with van der Waals surface area (Å²) in [6, 6.07) is 9.94. The first kappa shape index (κ1) is 19.7. The normalized spacial score (nSPS) is 10.9. The van der Waals surface area contributed by atoms with Crippen LogP contribution < -0.4 is 14.8 Å². The van der Waals surface area contributed by atoms with Gasteiger partial charge in [0.15, 0.2) is 11.5 Å². The number of ether oxygens (including phenoxy) is 2. The van der Waals surface area contributed by atoms with Crippen LogP contribution >= 0.6 is 0 Å². The molecule has 0 saturated carbocycles. The Morgan fingerprint density at radius 2 is 1.68 bits per heavy atom. The number of fused-ring (bicyclic) bond motifs is 1. The minimum Gasteiger partial charge on any atom is -0.493 e. The Morgan fingerprint density at radius 3 is 2.36 bits per heavy atom. The molecule has 5 nitrogen and oxygen atoms in total. The van der Waals surface area contributed by atoms with Crippen LogP contribution in [0.1, 0.15) is 11.1 Å². The van der Waals surface area contributed by atoms with Gasteiger partial charge in [-0.2, -0.15) is 0 Å². The van der Waals surface area contributed by atoms with E-state index in [4.69, 9.17) is 9.47 Å². The van der Waals surface area contributed by atoms with Crippen LogP contribution in [0.3, 0.4) is 0 Å². The number of hydrogen-bond donors (Lipinski definition) is 1. The standard InChI is InChI=1S/C22H25N3O2Si/c1-15-7-8-16(9-10-28(4,5)6)11-18(15)25-22-17-12-20(26-2)21(27-3)13-19(17)23-14-24-22/h7-8,11-14H,1-6H3,(H,23,24,25). The van der Waals surface area contributed by atoms with Gasteiger partial charge in [0.2, 0.25) is 0 Å². The zero-order valence-electron chi connectivity index (χ0n) is 17.2. The molecule has 0 saturated heterocycles. The Kier molecular flexibility index (Phi) is 5.57. The van der Waals surface area contributed by atoms with Crippen LogP contribution in [-0.2, 0) is 0 Å². The number of aryl methyl sites for hydroxylation is 1. The molecule has 0 radical (unpaired) electrons. The Morgan fingerprint density at radius 1 is 0.964 bits per heavy atom. The maximum atomic E-state index is 5.43. The topological polar surface area (TPSA) is 56.3 Å². The van der Waals surface area contributed by atoms with E-state index in [0.29, 0.717) is 17.3 Å². The van der Waals surface area contributed by atoms with E-state index in [-0.39, 0.29) is 0 Å². The third kappa shape index (κ3) is 4.43. The van der Waals surface area contributed by atoms with Gasteiger partial charge in [0.05, 0.1) is 19.7 Å². The van der Waals surface area contributed by atoms with E-state index >= 15 is 0 Å². The van der Waals surface area contributed by atoms with Crippen molar-refractivity contribution in [1.82, 2.24) is 9.97 Å². The molecule has 1 heterocycles. The molecule has 0 fully saturated rings. The van der Waals surface area contributed by atoms with Gasteiger partial charge in [-0.15, -0.1) is 5.54 Å². The highest BCUT2D eigenvalue weighted by Gasteiger charge is 2.12. The van der Waals surface area contributed by atoms with Crippen molar-refractivity contribution in [2.45, 2.75) is 26.6 Å². The molecule has 0 unspecified atom stereocenters. The fourth-order valence-electron chi connectivity index (χ4n) is 2.70. The van der Waals surface area contributed by atoms with Gasteiger partial charge in [0.25, 0.3) is 0 Å². The molecule has 0 aliphatic rings. The fraction of sp³-hybridized carbons (Fsp3) is 0.273. The summed E-state index contributed by atoms with van der Waals surface area (Å²) < 4.78 is 10.8. The van der Waals surface area contributed by atoms with E-state index in [0.717, 1.165) is 27.7 Å². The average molecular weight is 392 g/mol. The second-order valence-electron chi connectivity index (χ2n) is 7.60. The number of rotatable bonds is 4. The maximum Gasteiger partial charge on any atom is 0.162 e. The average Bonchev–Trinajstić information content (AvgIpc) is 2.67. The van der Waals surface area contributed by atoms with Crippen LogP contribution in [-0.4, -0.2) is 32.3 Å². The predicted octanol–water partition coefficient (Wildman–Crippen LogP) is 4.93. The molecule has 3 rings (SSSR count). The van der Waals surface area contributed by atoms with Crippen LogP contribution in [0.25, 0.3) is 10.9 Å². The van der Waals surface area contributed by atoms with Gasteiger partial charge in [-0.1, -0.05) is 31.6 Å². The lowest BCUT2D eigenvalue weighted by atomic mass is 10.1. The van der Waals surface area contributed by atoms with E-state index in [9.17, 15) is 0 Å². The number of methoxy groups -OCH3 is 2.